The molecule has 1 aliphatic rings. The summed E-state index contributed by atoms with van der Waals surface area (Å²) in [6.45, 7) is 1.68. The summed E-state index contributed by atoms with van der Waals surface area (Å²) in [5.74, 6) is 1.05. The van der Waals surface area contributed by atoms with Crippen LogP contribution < -0.4 is 5.32 Å². The van der Waals surface area contributed by atoms with Crippen LogP contribution in [0.25, 0.3) is 0 Å². The van der Waals surface area contributed by atoms with Crippen LogP contribution in [0.3, 0.4) is 0 Å². The molecule has 2 N–H and O–H groups in total. The van der Waals surface area contributed by atoms with E-state index in [2.05, 4.69) is 5.32 Å². The molecule has 1 fully saturated rings. The van der Waals surface area contributed by atoms with Gasteiger partial charge in [-0.2, -0.15) is 0 Å². The van der Waals surface area contributed by atoms with Gasteiger partial charge >= 0.3 is 0 Å². The molecule has 0 radical (unpaired) electrons. The van der Waals surface area contributed by atoms with Crippen LogP contribution in [-0.2, 0) is 6.54 Å². The summed E-state index contributed by atoms with van der Waals surface area (Å²) in [5.41, 5.74) is 1.17. The molecule has 0 heterocycles. The number of hydrogen-bond acceptors (Lipinski definition) is 2. The molecule has 0 aromatic heterocycles. The summed E-state index contributed by atoms with van der Waals surface area (Å²) >= 11 is 6.17. The fourth-order valence-electron chi connectivity index (χ4n) is 1.59. The highest BCUT2D eigenvalue weighted by Crippen LogP contribution is 2.35. The lowest BCUT2D eigenvalue weighted by molar-refractivity contribution is 0.475. The smallest absolute Gasteiger partial charge is 0.115 e. The lowest BCUT2D eigenvalue weighted by Gasteiger charge is -2.09. The van der Waals surface area contributed by atoms with Gasteiger partial charge in [-0.15, -0.1) is 11.6 Å². The van der Waals surface area contributed by atoms with Crippen LogP contribution in [0, 0.1) is 5.92 Å². The maximum atomic E-state index is 9.11. The number of benzene rings is 1. The van der Waals surface area contributed by atoms with Gasteiger partial charge in [-0.1, -0.05) is 12.1 Å². The first-order chi connectivity index (χ1) is 7.25. The molecule has 1 aromatic carbocycles. The average Bonchev–Trinajstić information content (AvgIpc) is 3.04. The molecular formula is C12H16ClNO. The van der Waals surface area contributed by atoms with E-state index < -0.39 is 0 Å². The molecule has 3 heteroatoms. The minimum atomic E-state index is 0.280. The first kappa shape index (κ1) is 10.8. The minimum absolute atomic E-state index is 0.280. The fraction of sp³-hybridized carbons (Fsp3) is 0.500. The highest BCUT2D eigenvalue weighted by molar-refractivity contribution is 6.21. The van der Waals surface area contributed by atoms with E-state index in [1.807, 2.05) is 12.1 Å². The van der Waals surface area contributed by atoms with Crippen molar-refractivity contribution in [3.05, 3.63) is 29.8 Å². The Morgan fingerprint density at radius 2 is 2.00 bits per heavy atom. The molecule has 0 amide bonds. The van der Waals surface area contributed by atoms with E-state index in [4.69, 9.17) is 16.7 Å². The summed E-state index contributed by atoms with van der Waals surface area (Å²) in [7, 11) is 0. The molecular weight excluding hydrogens is 210 g/mol. The summed E-state index contributed by atoms with van der Waals surface area (Å²) in [4.78, 5) is 0. The summed E-state index contributed by atoms with van der Waals surface area (Å²) < 4.78 is 0. The Labute approximate surface area is 95.3 Å². The number of alkyl halides is 1. The average molecular weight is 226 g/mol. The first-order valence-corrected chi connectivity index (χ1v) is 5.82. The second-order valence-corrected chi connectivity index (χ2v) is 4.71. The van der Waals surface area contributed by atoms with E-state index in [0.29, 0.717) is 5.75 Å². The Kier molecular flexibility index (Phi) is 3.49. The van der Waals surface area contributed by atoms with Gasteiger partial charge in [0.2, 0.25) is 0 Å². The quantitative estimate of drug-likeness (QED) is 0.755. The molecule has 82 valence electrons. The van der Waals surface area contributed by atoms with Gasteiger partial charge in [0, 0.05) is 18.5 Å². The second-order valence-electron chi connectivity index (χ2n) is 4.15. The van der Waals surface area contributed by atoms with Crippen molar-refractivity contribution in [2.75, 3.05) is 6.54 Å². The van der Waals surface area contributed by atoms with E-state index in [1.165, 1.54) is 18.4 Å². The number of phenols is 1. The molecule has 15 heavy (non-hydrogen) atoms. The van der Waals surface area contributed by atoms with Gasteiger partial charge < -0.3 is 10.4 Å². The number of phenolic OH excluding ortho intramolecular Hbond substituents is 1. The Bertz CT molecular complexity index is 308. The maximum Gasteiger partial charge on any atom is 0.115 e. The Morgan fingerprint density at radius 1 is 1.33 bits per heavy atom. The highest BCUT2D eigenvalue weighted by atomic mass is 35.5. The number of nitrogens with one attached hydrogen (secondary N) is 1. The number of halogens is 1. The molecule has 0 spiro atoms. The third-order valence-corrected chi connectivity index (χ3v) is 3.25. The van der Waals surface area contributed by atoms with Crippen LogP contribution in [0.5, 0.6) is 5.75 Å². The predicted octanol–water partition coefficient (Wildman–Crippen LogP) is 2.50. The lowest BCUT2D eigenvalue weighted by atomic mass is 10.2. The van der Waals surface area contributed by atoms with E-state index in [9.17, 15) is 0 Å². The lowest BCUT2D eigenvalue weighted by Crippen LogP contribution is -2.24. The Morgan fingerprint density at radius 3 is 2.60 bits per heavy atom. The largest absolute Gasteiger partial charge is 0.508 e. The molecule has 0 bridgehead atoms. The van der Waals surface area contributed by atoms with Crippen molar-refractivity contribution < 1.29 is 5.11 Å². The third-order valence-electron chi connectivity index (χ3n) is 2.74. The van der Waals surface area contributed by atoms with Crippen molar-refractivity contribution in [1.82, 2.24) is 5.32 Å². The highest BCUT2D eigenvalue weighted by Gasteiger charge is 2.28. The van der Waals surface area contributed by atoms with E-state index in [-0.39, 0.29) is 5.38 Å². The van der Waals surface area contributed by atoms with Gasteiger partial charge in [0.05, 0.1) is 0 Å². The van der Waals surface area contributed by atoms with Crippen LogP contribution in [0.1, 0.15) is 18.4 Å². The van der Waals surface area contributed by atoms with Gasteiger partial charge in [0.1, 0.15) is 5.75 Å². The normalized spacial score (nSPS) is 17.7. The van der Waals surface area contributed by atoms with Gasteiger partial charge in [-0.3, -0.25) is 0 Å². The minimum Gasteiger partial charge on any atom is -0.508 e. The topological polar surface area (TPSA) is 32.3 Å². The van der Waals surface area contributed by atoms with Gasteiger partial charge in [0.25, 0.3) is 0 Å². The fourth-order valence-corrected chi connectivity index (χ4v) is 1.95. The Hall–Kier alpha value is -0.730. The van der Waals surface area contributed by atoms with Gasteiger partial charge in [-0.25, -0.2) is 0 Å². The van der Waals surface area contributed by atoms with Crippen LogP contribution in [0.15, 0.2) is 24.3 Å². The monoisotopic (exact) mass is 225 g/mol. The summed E-state index contributed by atoms with van der Waals surface area (Å²) in [6.07, 6.45) is 2.57. The molecule has 1 aromatic rings. The van der Waals surface area contributed by atoms with Crippen molar-refractivity contribution in [3.63, 3.8) is 0 Å². The van der Waals surface area contributed by atoms with Crippen molar-refractivity contribution in [2.45, 2.75) is 24.8 Å². The molecule has 0 aliphatic heterocycles. The van der Waals surface area contributed by atoms with E-state index >= 15 is 0 Å². The Balaban J connectivity index is 1.70. The SMILES string of the molecule is Oc1ccc(CNCC(Cl)C2CC2)cc1. The van der Waals surface area contributed by atoms with Crippen molar-refractivity contribution in [1.29, 1.82) is 0 Å². The second kappa shape index (κ2) is 4.86. The molecule has 0 saturated heterocycles. The van der Waals surface area contributed by atoms with Crippen molar-refractivity contribution in [3.8, 4) is 5.75 Å². The van der Waals surface area contributed by atoms with E-state index in [0.717, 1.165) is 19.0 Å². The number of rotatable bonds is 5. The molecule has 1 unspecified atom stereocenters. The van der Waals surface area contributed by atoms with Crippen LogP contribution in [0.2, 0.25) is 0 Å². The summed E-state index contributed by atoms with van der Waals surface area (Å²) in [6, 6.07) is 7.25. The van der Waals surface area contributed by atoms with Crippen molar-refractivity contribution >= 4 is 11.6 Å². The number of hydrogen-bond donors (Lipinski definition) is 2. The predicted molar refractivity (Wildman–Crippen MR) is 62.2 cm³/mol. The van der Waals surface area contributed by atoms with Gasteiger partial charge in [0.15, 0.2) is 0 Å². The van der Waals surface area contributed by atoms with Gasteiger partial charge in [-0.05, 0) is 36.5 Å². The van der Waals surface area contributed by atoms with Crippen LogP contribution in [0.4, 0.5) is 0 Å². The summed E-state index contributed by atoms with van der Waals surface area (Å²) in [5, 5.41) is 12.7. The molecule has 2 nitrogen and oxygen atoms in total. The molecule has 2 rings (SSSR count). The maximum absolute atomic E-state index is 9.11. The molecule has 1 atom stereocenters. The zero-order valence-electron chi connectivity index (χ0n) is 8.62. The standard InChI is InChI=1S/C12H16ClNO/c13-12(10-3-4-10)8-14-7-9-1-5-11(15)6-2-9/h1-2,5-6,10,12,14-15H,3-4,7-8H2. The number of aromatic hydroxyl groups is 1. The van der Waals surface area contributed by atoms with Crippen LogP contribution >= 0.6 is 11.6 Å². The zero-order chi connectivity index (χ0) is 10.7. The van der Waals surface area contributed by atoms with Crippen LogP contribution in [-0.4, -0.2) is 17.0 Å². The first-order valence-electron chi connectivity index (χ1n) is 5.38. The third kappa shape index (κ3) is 3.40. The van der Waals surface area contributed by atoms with Crippen molar-refractivity contribution in [2.24, 2.45) is 5.92 Å². The zero-order valence-corrected chi connectivity index (χ0v) is 9.37. The van der Waals surface area contributed by atoms with E-state index in [1.54, 1.807) is 12.1 Å². The molecule has 1 saturated carbocycles. The molecule has 1 aliphatic carbocycles.